The quantitative estimate of drug-likeness (QED) is 0.341. The molecule has 0 aliphatic rings. The molecule has 0 fully saturated rings. The van der Waals surface area contributed by atoms with Crippen LogP contribution >= 0.6 is 12.6 Å². The van der Waals surface area contributed by atoms with Crippen LogP contribution in [0.1, 0.15) is 25.7 Å². The van der Waals surface area contributed by atoms with E-state index in [0.717, 1.165) is 25.7 Å². The maximum atomic E-state index is 11.1. The minimum absolute atomic E-state index is 0.137. The molecule has 4 nitrogen and oxygen atoms in total. The number of aliphatic hydroxyl groups is 1. The fourth-order valence-electron chi connectivity index (χ4n) is 1.02. The highest BCUT2D eigenvalue weighted by molar-refractivity contribution is 7.80. The molecule has 0 aromatic rings. The van der Waals surface area contributed by atoms with Gasteiger partial charge in [0.05, 0.1) is 6.04 Å². The van der Waals surface area contributed by atoms with Crippen LogP contribution in [0.4, 0.5) is 0 Å². The van der Waals surface area contributed by atoms with E-state index in [0.29, 0.717) is 12.3 Å². The van der Waals surface area contributed by atoms with Crippen LogP contribution < -0.4 is 11.1 Å². The summed E-state index contributed by atoms with van der Waals surface area (Å²) >= 11 is 3.93. The fourth-order valence-corrected chi connectivity index (χ4v) is 1.18. The summed E-state index contributed by atoms with van der Waals surface area (Å²) in [7, 11) is 0. The highest BCUT2D eigenvalue weighted by Crippen LogP contribution is 1.97. The maximum Gasteiger partial charge on any atom is 0.237 e. The number of hydrogen-bond donors (Lipinski definition) is 4. The SMILES string of the molecule is N[C@@H](CS)C(=O)NCCCCCCO. The van der Waals surface area contributed by atoms with Gasteiger partial charge in [-0.2, -0.15) is 12.6 Å². The van der Waals surface area contributed by atoms with Gasteiger partial charge in [0.15, 0.2) is 0 Å². The number of rotatable bonds is 8. The second kappa shape index (κ2) is 9.30. The number of carbonyl (C=O) groups excluding carboxylic acids is 1. The molecule has 0 aliphatic carbocycles. The van der Waals surface area contributed by atoms with Crippen LogP contribution in [-0.4, -0.2) is 36.0 Å². The van der Waals surface area contributed by atoms with Gasteiger partial charge in [0.1, 0.15) is 0 Å². The maximum absolute atomic E-state index is 11.1. The van der Waals surface area contributed by atoms with Crippen molar-refractivity contribution >= 4 is 18.5 Å². The van der Waals surface area contributed by atoms with E-state index in [4.69, 9.17) is 10.8 Å². The zero-order valence-corrected chi connectivity index (χ0v) is 9.30. The summed E-state index contributed by atoms with van der Waals surface area (Å²) in [6.45, 7) is 0.905. The van der Waals surface area contributed by atoms with Crippen LogP contribution in [0.3, 0.4) is 0 Å². The number of thiol groups is 1. The third kappa shape index (κ3) is 7.17. The molecule has 14 heavy (non-hydrogen) atoms. The van der Waals surface area contributed by atoms with Crippen molar-refractivity contribution in [3.05, 3.63) is 0 Å². The van der Waals surface area contributed by atoms with Crippen LogP contribution in [0.2, 0.25) is 0 Å². The molecule has 0 rings (SSSR count). The normalized spacial score (nSPS) is 12.5. The predicted molar refractivity (Wildman–Crippen MR) is 60.4 cm³/mol. The fraction of sp³-hybridized carbons (Fsp3) is 0.889. The van der Waals surface area contributed by atoms with Gasteiger partial charge < -0.3 is 16.2 Å². The minimum Gasteiger partial charge on any atom is -0.396 e. The van der Waals surface area contributed by atoms with Crippen molar-refractivity contribution < 1.29 is 9.90 Å². The molecule has 1 amide bonds. The van der Waals surface area contributed by atoms with Crippen molar-refractivity contribution in [3.63, 3.8) is 0 Å². The first-order valence-electron chi connectivity index (χ1n) is 4.97. The summed E-state index contributed by atoms with van der Waals surface area (Å²) in [6.07, 6.45) is 3.80. The number of carbonyl (C=O) groups is 1. The van der Waals surface area contributed by atoms with E-state index in [9.17, 15) is 4.79 Å². The van der Waals surface area contributed by atoms with E-state index in [1.165, 1.54) is 0 Å². The Labute approximate surface area is 90.7 Å². The van der Waals surface area contributed by atoms with E-state index < -0.39 is 6.04 Å². The Morgan fingerprint density at radius 1 is 1.36 bits per heavy atom. The van der Waals surface area contributed by atoms with Gasteiger partial charge in [-0.1, -0.05) is 12.8 Å². The highest BCUT2D eigenvalue weighted by atomic mass is 32.1. The second-order valence-electron chi connectivity index (χ2n) is 3.22. The Bertz CT molecular complexity index is 156. The molecule has 4 N–H and O–H groups in total. The molecule has 0 aromatic heterocycles. The summed E-state index contributed by atoms with van der Waals surface area (Å²) in [4.78, 5) is 11.1. The topological polar surface area (TPSA) is 75.4 Å². The van der Waals surface area contributed by atoms with Crippen LogP contribution in [-0.2, 0) is 4.79 Å². The first-order chi connectivity index (χ1) is 6.72. The zero-order chi connectivity index (χ0) is 10.8. The lowest BCUT2D eigenvalue weighted by Gasteiger charge is -2.09. The molecule has 84 valence electrons. The molecule has 0 radical (unpaired) electrons. The molecule has 0 aliphatic heterocycles. The van der Waals surface area contributed by atoms with Crippen molar-refractivity contribution in [1.82, 2.24) is 5.32 Å². The van der Waals surface area contributed by atoms with E-state index in [1.54, 1.807) is 0 Å². The molecule has 1 atom stereocenters. The lowest BCUT2D eigenvalue weighted by Crippen LogP contribution is -2.42. The van der Waals surface area contributed by atoms with Gasteiger partial charge in [-0.25, -0.2) is 0 Å². The Hall–Kier alpha value is -0.260. The third-order valence-electron chi connectivity index (χ3n) is 1.92. The van der Waals surface area contributed by atoms with Crippen molar-refractivity contribution in [2.24, 2.45) is 5.73 Å². The number of nitrogens with two attached hydrogens (primary N) is 1. The average molecular weight is 220 g/mol. The number of nitrogens with one attached hydrogen (secondary N) is 1. The van der Waals surface area contributed by atoms with Gasteiger partial charge in [0.2, 0.25) is 5.91 Å². The molecule has 0 saturated carbocycles. The summed E-state index contributed by atoms with van der Waals surface area (Å²) in [6, 6.07) is -0.504. The lowest BCUT2D eigenvalue weighted by molar-refractivity contribution is -0.121. The van der Waals surface area contributed by atoms with Crippen LogP contribution in [0.5, 0.6) is 0 Å². The Morgan fingerprint density at radius 3 is 2.57 bits per heavy atom. The van der Waals surface area contributed by atoms with E-state index in [1.807, 2.05) is 0 Å². The van der Waals surface area contributed by atoms with Crippen molar-refractivity contribution in [1.29, 1.82) is 0 Å². The lowest BCUT2D eigenvalue weighted by atomic mass is 10.2. The van der Waals surface area contributed by atoms with E-state index >= 15 is 0 Å². The molecule has 0 spiro atoms. The molecule has 0 unspecified atom stereocenters. The van der Waals surface area contributed by atoms with Crippen LogP contribution in [0.15, 0.2) is 0 Å². The minimum atomic E-state index is -0.504. The Kier molecular flexibility index (Phi) is 9.13. The summed E-state index contributed by atoms with van der Waals surface area (Å²) in [5.41, 5.74) is 5.46. The average Bonchev–Trinajstić information content (AvgIpc) is 2.21. The van der Waals surface area contributed by atoms with Crippen LogP contribution in [0, 0.1) is 0 Å². The zero-order valence-electron chi connectivity index (χ0n) is 8.41. The van der Waals surface area contributed by atoms with Crippen molar-refractivity contribution in [2.45, 2.75) is 31.7 Å². The van der Waals surface area contributed by atoms with E-state index in [2.05, 4.69) is 17.9 Å². The van der Waals surface area contributed by atoms with Gasteiger partial charge >= 0.3 is 0 Å². The summed E-state index contributed by atoms with van der Waals surface area (Å²) in [5.74, 6) is 0.234. The molecule has 5 heteroatoms. The predicted octanol–water partition coefficient (Wildman–Crippen LogP) is -0.0876. The number of amides is 1. The van der Waals surface area contributed by atoms with Gasteiger partial charge in [0.25, 0.3) is 0 Å². The number of hydrogen-bond acceptors (Lipinski definition) is 4. The molecule has 0 heterocycles. The summed E-state index contributed by atoms with van der Waals surface area (Å²) in [5, 5.41) is 11.3. The molecule has 0 saturated heterocycles. The van der Waals surface area contributed by atoms with E-state index in [-0.39, 0.29) is 12.5 Å². The smallest absolute Gasteiger partial charge is 0.237 e. The monoisotopic (exact) mass is 220 g/mol. The van der Waals surface area contributed by atoms with Gasteiger partial charge in [-0.05, 0) is 12.8 Å². The number of aliphatic hydroxyl groups excluding tert-OH is 1. The Balaban J connectivity index is 3.23. The largest absolute Gasteiger partial charge is 0.396 e. The van der Waals surface area contributed by atoms with Crippen molar-refractivity contribution in [2.75, 3.05) is 18.9 Å². The molecule has 0 bridgehead atoms. The van der Waals surface area contributed by atoms with Gasteiger partial charge in [-0.3, -0.25) is 4.79 Å². The van der Waals surface area contributed by atoms with Gasteiger partial charge in [-0.15, -0.1) is 0 Å². The first kappa shape index (κ1) is 13.7. The third-order valence-corrected chi connectivity index (χ3v) is 2.31. The van der Waals surface area contributed by atoms with Crippen molar-refractivity contribution in [3.8, 4) is 0 Å². The highest BCUT2D eigenvalue weighted by Gasteiger charge is 2.09. The standard InChI is InChI=1S/C9H20N2O2S/c10-8(7-14)9(13)11-5-3-1-2-4-6-12/h8,12,14H,1-7,10H2,(H,11,13)/t8-/m0/s1. The Morgan fingerprint density at radius 2 is 2.00 bits per heavy atom. The first-order valence-corrected chi connectivity index (χ1v) is 5.60. The van der Waals surface area contributed by atoms with Crippen LogP contribution in [0.25, 0.3) is 0 Å². The molecule has 0 aromatic carbocycles. The number of unbranched alkanes of at least 4 members (excludes halogenated alkanes) is 3. The van der Waals surface area contributed by atoms with Gasteiger partial charge in [0, 0.05) is 18.9 Å². The summed E-state index contributed by atoms with van der Waals surface area (Å²) < 4.78 is 0. The molecular weight excluding hydrogens is 200 g/mol. The molecular formula is C9H20N2O2S. The second-order valence-corrected chi connectivity index (χ2v) is 3.58.